The van der Waals surface area contributed by atoms with Crippen LogP contribution in [0.4, 0.5) is 0 Å². The van der Waals surface area contributed by atoms with Crippen molar-refractivity contribution in [3.8, 4) is 11.5 Å². The molecule has 7 nitrogen and oxygen atoms in total. The average molecular weight is 392 g/mol. The fourth-order valence-corrected chi connectivity index (χ4v) is 3.69. The molecule has 1 fully saturated rings. The molecule has 0 bridgehead atoms. The molecular weight excluding hydrogens is 368 g/mol. The Morgan fingerprint density at radius 1 is 1.17 bits per heavy atom. The minimum Gasteiger partial charge on any atom is -0.342 e. The summed E-state index contributed by atoms with van der Waals surface area (Å²) in [5.74, 6) is 1.22. The van der Waals surface area contributed by atoms with Crippen molar-refractivity contribution >= 4 is 5.91 Å². The molecule has 7 heteroatoms. The molecule has 1 aromatic carbocycles. The summed E-state index contributed by atoms with van der Waals surface area (Å²) in [6, 6.07) is 11.2. The molecule has 2 aromatic heterocycles. The second-order valence-electron chi connectivity index (χ2n) is 7.63. The van der Waals surface area contributed by atoms with Crippen LogP contribution >= 0.6 is 0 Å². The number of pyridine rings is 1. The van der Waals surface area contributed by atoms with Crippen molar-refractivity contribution in [2.75, 3.05) is 13.1 Å². The molecule has 1 aliphatic rings. The van der Waals surface area contributed by atoms with Gasteiger partial charge in [0.15, 0.2) is 5.82 Å². The number of hydrogen-bond acceptors (Lipinski definition) is 5. The number of amides is 1. The van der Waals surface area contributed by atoms with Crippen LogP contribution in [0, 0.1) is 6.92 Å². The van der Waals surface area contributed by atoms with Crippen molar-refractivity contribution < 1.29 is 9.32 Å². The predicted octanol–water partition coefficient (Wildman–Crippen LogP) is 3.24. The van der Waals surface area contributed by atoms with Crippen molar-refractivity contribution in [3.63, 3.8) is 0 Å². The van der Waals surface area contributed by atoms with Gasteiger partial charge in [0.05, 0.1) is 11.5 Å². The van der Waals surface area contributed by atoms with Gasteiger partial charge in [0.2, 0.25) is 11.5 Å². The van der Waals surface area contributed by atoms with Crippen molar-refractivity contribution in [1.29, 1.82) is 0 Å². The van der Waals surface area contributed by atoms with Gasteiger partial charge in [0.1, 0.15) is 0 Å². The monoisotopic (exact) mass is 392 g/mol. The van der Waals surface area contributed by atoms with Crippen LogP contribution in [0.1, 0.15) is 48.6 Å². The van der Waals surface area contributed by atoms with E-state index < -0.39 is 0 Å². The van der Waals surface area contributed by atoms with Gasteiger partial charge in [-0.15, -0.1) is 0 Å². The Labute approximate surface area is 168 Å². The topological polar surface area (TPSA) is 92.1 Å². The van der Waals surface area contributed by atoms with Crippen LogP contribution in [0.25, 0.3) is 11.5 Å². The third-order valence-electron chi connectivity index (χ3n) is 5.59. The first-order chi connectivity index (χ1) is 14.0. The van der Waals surface area contributed by atoms with Gasteiger partial charge in [-0.3, -0.25) is 9.59 Å². The van der Waals surface area contributed by atoms with Gasteiger partial charge in [-0.1, -0.05) is 35.0 Å². The zero-order valence-electron chi connectivity index (χ0n) is 16.6. The molecule has 0 radical (unpaired) electrons. The number of rotatable bonds is 4. The first-order valence-electron chi connectivity index (χ1n) is 9.89. The minimum absolute atomic E-state index is 0.149. The number of carbonyl (C=O) groups excluding carboxylic acids is 1. The molecule has 1 atom stereocenters. The molecule has 0 aliphatic carbocycles. The van der Waals surface area contributed by atoms with Crippen molar-refractivity contribution in [1.82, 2.24) is 20.0 Å². The van der Waals surface area contributed by atoms with Gasteiger partial charge in [-0.05, 0) is 38.3 Å². The summed E-state index contributed by atoms with van der Waals surface area (Å²) < 4.78 is 5.36. The fraction of sp³-hybridized carbons (Fsp3) is 0.364. The molecule has 3 aromatic rings. The maximum Gasteiger partial charge on any atom is 0.259 e. The Hall–Kier alpha value is -3.22. The SMILES string of the molecule is Cc1ccc([C@H](C)C(=O)N2CCC(c3noc(-c4ccc(=O)[nH]c4)n3)CC2)cc1. The first kappa shape index (κ1) is 19.1. The van der Waals surface area contributed by atoms with E-state index >= 15 is 0 Å². The Bertz CT molecular complexity index is 1030. The quantitative estimate of drug-likeness (QED) is 0.736. The average Bonchev–Trinajstić information content (AvgIpc) is 3.24. The smallest absolute Gasteiger partial charge is 0.259 e. The maximum absolute atomic E-state index is 12.9. The number of aromatic nitrogens is 3. The number of nitrogens with one attached hydrogen (secondary N) is 1. The van der Waals surface area contributed by atoms with Gasteiger partial charge in [0, 0.05) is 31.3 Å². The lowest BCUT2D eigenvalue weighted by Gasteiger charge is -2.32. The van der Waals surface area contributed by atoms with Crippen LogP contribution < -0.4 is 5.56 Å². The van der Waals surface area contributed by atoms with Gasteiger partial charge in [0.25, 0.3) is 5.89 Å². The molecule has 0 spiro atoms. The lowest BCUT2D eigenvalue weighted by Crippen LogP contribution is -2.40. The summed E-state index contributed by atoms with van der Waals surface area (Å²) in [5.41, 5.74) is 2.75. The van der Waals surface area contributed by atoms with E-state index in [9.17, 15) is 9.59 Å². The van der Waals surface area contributed by atoms with Crippen molar-refractivity contribution in [2.24, 2.45) is 0 Å². The number of nitrogens with zero attached hydrogens (tertiary/aromatic N) is 3. The zero-order valence-corrected chi connectivity index (χ0v) is 16.6. The minimum atomic E-state index is -0.176. The molecule has 1 aliphatic heterocycles. The van der Waals surface area contributed by atoms with E-state index in [1.54, 1.807) is 12.3 Å². The second kappa shape index (κ2) is 8.03. The van der Waals surface area contributed by atoms with Crippen LogP contribution in [0.2, 0.25) is 0 Å². The summed E-state index contributed by atoms with van der Waals surface area (Å²) in [4.78, 5) is 33.1. The highest BCUT2D eigenvalue weighted by atomic mass is 16.5. The molecule has 1 N–H and O–H groups in total. The van der Waals surface area contributed by atoms with Crippen molar-refractivity contribution in [2.45, 2.75) is 38.5 Å². The number of benzene rings is 1. The van der Waals surface area contributed by atoms with Gasteiger partial charge >= 0.3 is 0 Å². The number of aromatic amines is 1. The maximum atomic E-state index is 12.9. The summed E-state index contributed by atoms with van der Waals surface area (Å²) in [6.45, 7) is 5.38. The van der Waals surface area contributed by atoms with Crippen LogP contribution in [-0.4, -0.2) is 39.0 Å². The Balaban J connectivity index is 1.38. The summed E-state index contributed by atoms with van der Waals surface area (Å²) >= 11 is 0. The lowest BCUT2D eigenvalue weighted by atomic mass is 9.93. The summed E-state index contributed by atoms with van der Waals surface area (Å²) in [6.07, 6.45) is 3.17. The van der Waals surface area contributed by atoms with E-state index in [0.29, 0.717) is 30.4 Å². The molecule has 0 unspecified atom stereocenters. The van der Waals surface area contributed by atoms with E-state index in [4.69, 9.17) is 4.52 Å². The van der Waals surface area contributed by atoms with E-state index in [-0.39, 0.29) is 23.3 Å². The third-order valence-corrected chi connectivity index (χ3v) is 5.59. The highest BCUT2D eigenvalue weighted by molar-refractivity contribution is 5.83. The number of H-pyrrole nitrogens is 1. The predicted molar refractivity (Wildman–Crippen MR) is 109 cm³/mol. The normalized spacial score (nSPS) is 16.0. The van der Waals surface area contributed by atoms with Crippen LogP contribution in [0.3, 0.4) is 0 Å². The van der Waals surface area contributed by atoms with E-state index in [0.717, 1.165) is 18.4 Å². The third kappa shape index (κ3) is 4.13. The molecule has 29 heavy (non-hydrogen) atoms. The van der Waals surface area contributed by atoms with Crippen LogP contribution in [0.5, 0.6) is 0 Å². The Morgan fingerprint density at radius 3 is 2.55 bits per heavy atom. The van der Waals surface area contributed by atoms with Gasteiger partial charge in [-0.2, -0.15) is 4.98 Å². The lowest BCUT2D eigenvalue weighted by molar-refractivity contribution is -0.133. The highest BCUT2D eigenvalue weighted by Crippen LogP contribution is 2.29. The highest BCUT2D eigenvalue weighted by Gasteiger charge is 2.29. The summed E-state index contributed by atoms with van der Waals surface area (Å²) in [7, 11) is 0. The standard InChI is InChI=1S/C22H24N4O3/c1-14-3-5-16(6-4-14)15(2)22(28)26-11-9-17(10-12-26)20-24-21(29-25-20)18-7-8-19(27)23-13-18/h3-8,13,15,17H,9-12H2,1-2H3,(H,23,27)/t15-/m0/s1. The van der Waals surface area contributed by atoms with Crippen LogP contribution in [-0.2, 0) is 4.79 Å². The molecule has 0 saturated carbocycles. The van der Waals surface area contributed by atoms with Crippen LogP contribution in [0.15, 0.2) is 51.9 Å². The van der Waals surface area contributed by atoms with E-state index in [1.807, 2.05) is 43.0 Å². The number of hydrogen-bond donors (Lipinski definition) is 1. The number of carbonyl (C=O) groups is 1. The number of aryl methyl sites for hydroxylation is 1. The van der Waals surface area contributed by atoms with E-state index in [2.05, 4.69) is 15.1 Å². The molecule has 3 heterocycles. The number of piperidine rings is 1. The molecule has 1 saturated heterocycles. The van der Waals surface area contributed by atoms with E-state index in [1.165, 1.54) is 11.6 Å². The van der Waals surface area contributed by atoms with Crippen molar-refractivity contribution in [3.05, 3.63) is 69.9 Å². The molecule has 150 valence electrons. The Kier molecular flexibility index (Phi) is 5.29. The molecule has 1 amide bonds. The Morgan fingerprint density at radius 2 is 1.90 bits per heavy atom. The van der Waals surface area contributed by atoms with Gasteiger partial charge < -0.3 is 14.4 Å². The summed E-state index contributed by atoms with van der Waals surface area (Å²) in [5, 5.41) is 4.12. The first-order valence-corrected chi connectivity index (χ1v) is 9.89. The van der Waals surface area contributed by atoms with Gasteiger partial charge in [-0.25, -0.2) is 0 Å². The fourth-order valence-electron chi connectivity index (χ4n) is 3.69. The molecular formula is C22H24N4O3. The second-order valence-corrected chi connectivity index (χ2v) is 7.63. The molecule has 4 rings (SSSR count). The largest absolute Gasteiger partial charge is 0.342 e. The number of likely N-dealkylation sites (tertiary alicyclic amines) is 1. The zero-order chi connectivity index (χ0) is 20.4.